The van der Waals surface area contributed by atoms with Crippen LogP contribution in [0.3, 0.4) is 0 Å². The molecule has 2 aromatic rings. The van der Waals surface area contributed by atoms with Gasteiger partial charge in [-0.25, -0.2) is 0 Å². The monoisotopic (exact) mass is 348 g/mol. The van der Waals surface area contributed by atoms with Gasteiger partial charge in [-0.2, -0.15) is 0 Å². The van der Waals surface area contributed by atoms with E-state index >= 15 is 0 Å². The molecule has 0 amide bonds. The maximum atomic E-state index is 3.12. The molecule has 24 heavy (non-hydrogen) atoms. The minimum Gasteiger partial charge on any atom is -0.361 e. The minimum absolute atomic E-state index is 0.527. The van der Waals surface area contributed by atoms with E-state index in [4.69, 9.17) is 0 Å². The summed E-state index contributed by atoms with van der Waals surface area (Å²) in [4.78, 5) is 3.12. The van der Waals surface area contributed by atoms with E-state index in [9.17, 15) is 0 Å². The smallest absolute Gasteiger partial charge is 0.0453 e. The Hall–Kier alpha value is -0.810. The van der Waals surface area contributed by atoms with E-state index in [1.807, 2.05) is 18.3 Å². The van der Waals surface area contributed by atoms with E-state index in [1.54, 1.807) is 18.5 Å². The number of hydrogen-bond donors (Lipinski definition) is 1. The number of rotatable bonds is 10. The first-order chi connectivity index (χ1) is 11.7. The van der Waals surface area contributed by atoms with Gasteiger partial charge < -0.3 is 4.98 Å². The van der Waals surface area contributed by atoms with Crippen LogP contribution in [0, 0.1) is 0 Å². The number of nitrogens with one attached hydrogen (secondary N) is 1. The Morgan fingerprint density at radius 2 is 1.29 bits per heavy atom. The molecule has 0 fully saturated rings. The molecule has 1 radical (unpaired) electrons. The molecule has 0 bridgehead atoms. The van der Waals surface area contributed by atoms with Crippen molar-refractivity contribution in [2.75, 3.05) is 24.6 Å². The number of benzene rings is 1. The standard InChI is InChI=1S/C14H32P.C8H7N/c1-5-9-12-15(8-4,13-10-6-2)14-11-7-3;1-2-4-8-7(3-1)5-6-9-8/h5-14H2,1-4H3;1-6,9H. The van der Waals surface area contributed by atoms with Crippen LogP contribution in [0.25, 0.3) is 10.9 Å². The number of para-hydroxylation sites is 1. The molecule has 1 N–H and O–H groups in total. The van der Waals surface area contributed by atoms with Crippen LogP contribution in [0.2, 0.25) is 0 Å². The molecule has 2 rings (SSSR count). The van der Waals surface area contributed by atoms with Gasteiger partial charge in [0, 0.05) is 11.7 Å². The highest BCUT2D eigenvalue weighted by Crippen LogP contribution is 2.60. The zero-order valence-corrected chi connectivity index (χ0v) is 17.4. The zero-order chi connectivity index (χ0) is 17.7. The highest BCUT2D eigenvalue weighted by molar-refractivity contribution is 7.75. The molecule has 0 aliphatic rings. The lowest BCUT2D eigenvalue weighted by Gasteiger charge is -2.36. The van der Waals surface area contributed by atoms with Crippen LogP contribution in [0.5, 0.6) is 0 Å². The molecular formula is C22H39NP. The van der Waals surface area contributed by atoms with Gasteiger partial charge in [0.05, 0.1) is 0 Å². The molecule has 0 spiro atoms. The first kappa shape index (κ1) is 21.2. The molecule has 1 heterocycles. The normalized spacial score (nSPS) is 11.3. The first-order valence-electron chi connectivity index (χ1n) is 10.1. The van der Waals surface area contributed by atoms with Gasteiger partial charge in [0.2, 0.25) is 0 Å². The summed E-state index contributed by atoms with van der Waals surface area (Å²) in [6.07, 6.45) is 16.8. The summed E-state index contributed by atoms with van der Waals surface area (Å²) in [7, 11) is -0.527. The molecule has 0 atom stereocenters. The second-order valence-corrected chi connectivity index (χ2v) is 11.6. The maximum absolute atomic E-state index is 3.12. The number of unbranched alkanes of at least 4 members (excludes halogenated alkanes) is 3. The number of fused-ring (bicyclic) bond motifs is 1. The first-order valence-corrected chi connectivity index (χ1v) is 12.6. The Kier molecular flexibility index (Phi) is 11.1. The van der Waals surface area contributed by atoms with Crippen molar-refractivity contribution < 1.29 is 0 Å². The van der Waals surface area contributed by atoms with Gasteiger partial charge in [0.25, 0.3) is 0 Å². The van der Waals surface area contributed by atoms with Crippen LogP contribution in [-0.4, -0.2) is 29.6 Å². The number of H-pyrrole nitrogens is 1. The Labute approximate surface area is 151 Å². The molecule has 0 aliphatic heterocycles. The van der Waals surface area contributed by atoms with Crippen LogP contribution >= 0.6 is 7.26 Å². The van der Waals surface area contributed by atoms with E-state index in [1.165, 1.54) is 55.6 Å². The van der Waals surface area contributed by atoms with E-state index in [0.29, 0.717) is 0 Å². The summed E-state index contributed by atoms with van der Waals surface area (Å²) in [6.45, 7) is 9.46. The molecule has 0 saturated heterocycles. The lowest BCUT2D eigenvalue weighted by Crippen LogP contribution is -2.11. The number of aromatic nitrogens is 1. The van der Waals surface area contributed by atoms with Crippen LogP contribution in [0.1, 0.15) is 66.2 Å². The third-order valence-corrected chi connectivity index (χ3v) is 10.2. The van der Waals surface area contributed by atoms with Gasteiger partial charge >= 0.3 is 0 Å². The van der Waals surface area contributed by atoms with Crippen molar-refractivity contribution in [1.82, 2.24) is 4.98 Å². The molecule has 1 aromatic heterocycles. The molecule has 0 unspecified atom stereocenters. The van der Waals surface area contributed by atoms with Gasteiger partial charge in [-0.1, -0.05) is 65.2 Å². The summed E-state index contributed by atoms with van der Waals surface area (Å²) in [6, 6.07) is 10.3. The van der Waals surface area contributed by atoms with Crippen molar-refractivity contribution >= 4 is 18.2 Å². The molecule has 2 heteroatoms. The fraction of sp³-hybridized carbons (Fsp3) is 0.636. The topological polar surface area (TPSA) is 15.8 Å². The fourth-order valence-corrected chi connectivity index (χ4v) is 7.87. The van der Waals surface area contributed by atoms with Crippen molar-refractivity contribution in [3.8, 4) is 0 Å². The number of aromatic amines is 1. The Morgan fingerprint density at radius 3 is 1.75 bits per heavy atom. The van der Waals surface area contributed by atoms with E-state index < -0.39 is 7.26 Å². The summed E-state index contributed by atoms with van der Waals surface area (Å²) in [5.74, 6) is 0. The average molecular weight is 349 g/mol. The van der Waals surface area contributed by atoms with Crippen LogP contribution in [0.4, 0.5) is 0 Å². The molecule has 1 aromatic carbocycles. The highest BCUT2D eigenvalue weighted by Gasteiger charge is 2.22. The molecule has 137 valence electrons. The van der Waals surface area contributed by atoms with Crippen LogP contribution < -0.4 is 0 Å². The van der Waals surface area contributed by atoms with Crippen molar-refractivity contribution in [2.45, 2.75) is 66.2 Å². The lowest BCUT2D eigenvalue weighted by molar-refractivity contribution is 0.834. The minimum atomic E-state index is -0.527. The van der Waals surface area contributed by atoms with Crippen LogP contribution in [0.15, 0.2) is 36.5 Å². The number of hydrogen-bond acceptors (Lipinski definition) is 0. The van der Waals surface area contributed by atoms with E-state index in [2.05, 4.69) is 50.9 Å². The highest BCUT2D eigenvalue weighted by atomic mass is 31.2. The van der Waals surface area contributed by atoms with Crippen LogP contribution in [-0.2, 0) is 0 Å². The molecule has 1 nitrogen and oxygen atoms in total. The fourth-order valence-electron chi connectivity index (χ4n) is 3.29. The van der Waals surface area contributed by atoms with Gasteiger partial charge in [0.1, 0.15) is 0 Å². The second-order valence-electron chi connectivity index (χ2n) is 6.95. The van der Waals surface area contributed by atoms with Gasteiger partial charge in [-0.15, -0.1) is 7.26 Å². The molecule has 0 aliphatic carbocycles. The molecule has 0 saturated carbocycles. The molecular weight excluding hydrogens is 309 g/mol. The SMILES string of the molecule is CCCC[P](CC)(CCCC)CCCC.c1ccc2[nH]ccc2c1. The third kappa shape index (κ3) is 7.39. The van der Waals surface area contributed by atoms with Crippen molar-refractivity contribution in [3.63, 3.8) is 0 Å². The summed E-state index contributed by atoms with van der Waals surface area (Å²) in [5.41, 5.74) is 1.21. The van der Waals surface area contributed by atoms with Gasteiger partial charge in [-0.05, 0) is 61.4 Å². The van der Waals surface area contributed by atoms with Gasteiger partial charge in [0.15, 0.2) is 0 Å². The Balaban J connectivity index is 0.000000267. The van der Waals surface area contributed by atoms with E-state index in [0.717, 1.165) is 0 Å². The second kappa shape index (κ2) is 12.5. The predicted molar refractivity (Wildman–Crippen MR) is 115 cm³/mol. The van der Waals surface area contributed by atoms with E-state index in [-0.39, 0.29) is 0 Å². The van der Waals surface area contributed by atoms with Crippen molar-refractivity contribution in [1.29, 1.82) is 0 Å². The zero-order valence-electron chi connectivity index (χ0n) is 16.5. The quantitative estimate of drug-likeness (QED) is 0.426. The summed E-state index contributed by atoms with van der Waals surface area (Å²) >= 11 is 0. The van der Waals surface area contributed by atoms with Gasteiger partial charge in [-0.3, -0.25) is 0 Å². The summed E-state index contributed by atoms with van der Waals surface area (Å²) < 4.78 is 0. The predicted octanol–water partition coefficient (Wildman–Crippen LogP) is 7.59. The average Bonchev–Trinajstić information content (AvgIpc) is 3.11. The lowest BCUT2D eigenvalue weighted by atomic mass is 10.3. The maximum Gasteiger partial charge on any atom is 0.0453 e. The largest absolute Gasteiger partial charge is 0.361 e. The Bertz CT molecular complexity index is 479. The summed E-state index contributed by atoms with van der Waals surface area (Å²) in [5, 5.41) is 1.28. The van der Waals surface area contributed by atoms with Crippen molar-refractivity contribution in [3.05, 3.63) is 36.5 Å². The Morgan fingerprint density at radius 1 is 0.750 bits per heavy atom. The van der Waals surface area contributed by atoms with Crippen molar-refractivity contribution in [2.24, 2.45) is 0 Å². The third-order valence-electron chi connectivity index (χ3n) is 5.09.